The first kappa shape index (κ1) is 15.8. The van der Waals surface area contributed by atoms with Crippen LogP contribution in [0.5, 0.6) is 0 Å². The molecular formula is C17H23NO3. The van der Waals surface area contributed by atoms with Crippen LogP contribution >= 0.6 is 0 Å². The van der Waals surface area contributed by atoms with Crippen molar-refractivity contribution in [3.63, 3.8) is 0 Å². The van der Waals surface area contributed by atoms with Crippen molar-refractivity contribution in [2.24, 2.45) is 23.7 Å². The predicted molar refractivity (Wildman–Crippen MR) is 78.1 cm³/mol. The van der Waals surface area contributed by atoms with Crippen molar-refractivity contribution in [3.8, 4) is 6.07 Å². The number of Topliss-reactive ketones (excluding diaryl/α,β-unsaturated/α-hetero) is 1. The third kappa shape index (κ3) is 3.53. The number of carbonyl (C=O) groups is 2. The summed E-state index contributed by atoms with van der Waals surface area (Å²) in [6.45, 7) is 2.59. The Kier molecular flexibility index (Phi) is 5.55. The number of hydrogen-bond acceptors (Lipinski definition) is 4. The number of fused-ring (bicyclic) bond motifs is 2. The van der Waals surface area contributed by atoms with E-state index in [-0.39, 0.29) is 17.8 Å². The van der Waals surface area contributed by atoms with Crippen LogP contribution in [0.2, 0.25) is 0 Å². The van der Waals surface area contributed by atoms with Gasteiger partial charge in [0.1, 0.15) is 6.07 Å². The van der Waals surface area contributed by atoms with Gasteiger partial charge in [0.2, 0.25) is 5.78 Å². The van der Waals surface area contributed by atoms with Gasteiger partial charge in [0, 0.05) is 0 Å². The number of rotatable bonds is 8. The molecule has 2 aliphatic carbocycles. The summed E-state index contributed by atoms with van der Waals surface area (Å²) in [6, 6.07) is 1.69. The van der Waals surface area contributed by atoms with Crippen molar-refractivity contribution in [2.75, 3.05) is 6.61 Å². The standard InChI is InChI=1S/C17H23NO3/c1-2-3-4-5-6-9-21-17(20)16-13-8-7-12(10-13)15(16)14(19)11-18/h7-8,12-13,15-16H,2-6,9-10H2,1H3. The van der Waals surface area contributed by atoms with Gasteiger partial charge >= 0.3 is 5.97 Å². The fourth-order valence-electron chi connectivity index (χ4n) is 3.55. The van der Waals surface area contributed by atoms with Crippen LogP contribution in [0.3, 0.4) is 0 Å². The Morgan fingerprint density at radius 1 is 1.14 bits per heavy atom. The van der Waals surface area contributed by atoms with Crippen LogP contribution in [0, 0.1) is 35.0 Å². The lowest BCUT2D eigenvalue weighted by molar-refractivity contribution is -0.153. The van der Waals surface area contributed by atoms with Gasteiger partial charge in [-0.1, -0.05) is 44.8 Å². The number of nitriles is 1. The lowest BCUT2D eigenvalue weighted by Crippen LogP contribution is -2.34. The first-order valence-corrected chi connectivity index (χ1v) is 7.98. The number of hydrogen-bond donors (Lipinski definition) is 0. The van der Waals surface area contributed by atoms with Gasteiger partial charge in [-0.15, -0.1) is 0 Å². The van der Waals surface area contributed by atoms with E-state index >= 15 is 0 Å². The fourth-order valence-corrected chi connectivity index (χ4v) is 3.55. The average Bonchev–Trinajstić information content (AvgIpc) is 3.10. The van der Waals surface area contributed by atoms with E-state index < -0.39 is 17.6 Å². The van der Waals surface area contributed by atoms with Crippen LogP contribution < -0.4 is 0 Å². The molecular weight excluding hydrogens is 266 g/mol. The lowest BCUT2D eigenvalue weighted by Gasteiger charge is -2.23. The van der Waals surface area contributed by atoms with E-state index in [1.807, 2.05) is 12.2 Å². The Hall–Kier alpha value is -1.63. The largest absolute Gasteiger partial charge is 0.465 e. The van der Waals surface area contributed by atoms with Crippen molar-refractivity contribution < 1.29 is 14.3 Å². The van der Waals surface area contributed by atoms with Crippen LogP contribution in [0.15, 0.2) is 12.2 Å². The monoisotopic (exact) mass is 289 g/mol. The number of unbranched alkanes of at least 4 members (excludes halogenated alkanes) is 4. The molecule has 4 nitrogen and oxygen atoms in total. The molecule has 0 amide bonds. The third-order valence-electron chi connectivity index (χ3n) is 4.64. The minimum absolute atomic E-state index is 0.0456. The van der Waals surface area contributed by atoms with E-state index in [2.05, 4.69) is 6.92 Å². The minimum Gasteiger partial charge on any atom is -0.465 e. The molecule has 2 aliphatic rings. The zero-order valence-electron chi connectivity index (χ0n) is 12.6. The van der Waals surface area contributed by atoms with Gasteiger partial charge < -0.3 is 4.74 Å². The topological polar surface area (TPSA) is 67.2 Å². The number of allylic oxidation sites excluding steroid dienone is 2. The summed E-state index contributed by atoms with van der Waals surface area (Å²) in [4.78, 5) is 24.0. The van der Waals surface area contributed by atoms with Gasteiger partial charge in [-0.3, -0.25) is 9.59 Å². The Balaban J connectivity index is 1.82. The number of esters is 1. The number of ketones is 1. The van der Waals surface area contributed by atoms with Crippen molar-refractivity contribution in [1.29, 1.82) is 5.26 Å². The van der Waals surface area contributed by atoms with Gasteiger partial charge in [-0.25, -0.2) is 0 Å². The molecule has 114 valence electrons. The van der Waals surface area contributed by atoms with E-state index in [9.17, 15) is 9.59 Å². The Bertz CT molecular complexity index is 463. The zero-order valence-corrected chi connectivity index (χ0v) is 12.6. The van der Waals surface area contributed by atoms with Gasteiger partial charge in [0.15, 0.2) is 0 Å². The SMILES string of the molecule is CCCCCCCOC(=O)C1C2C=CC(C2)C1C(=O)C#N. The van der Waals surface area contributed by atoms with Gasteiger partial charge in [-0.05, 0) is 24.7 Å². The Labute approximate surface area is 126 Å². The highest BCUT2D eigenvalue weighted by molar-refractivity contribution is 5.99. The maximum atomic E-state index is 12.2. The molecule has 0 saturated heterocycles. The summed E-state index contributed by atoms with van der Waals surface area (Å²) in [6.07, 6.45) is 10.3. The molecule has 4 atom stereocenters. The molecule has 4 heteroatoms. The molecule has 0 aromatic rings. The van der Waals surface area contributed by atoms with Crippen molar-refractivity contribution in [1.82, 2.24) is 0 Å². The molecule has 21 heavy (non-hydrogen) atoms. The van der Waals surface area contributed by atoms with Crippen LogP contribution in [0.4, 0.5) is 0 Å². The third-order valence-corrected chi connectivity index (χ3v) is 4.64. The van der Waals surface area contributed by atoms with Crippen molar-refractivity contribution in [2.45, 2.75) is 45.4 Å². The molecule has 0 aliphatic heterocycles. The van der Waals surface area contributed by atoms with Crippen molar-refractivity contribution >= 4 is 11.8 Å². The first-order chi connectivity index (χ1) is 10.2. The molecule has 0 spiro atoms. The quantitative estimate of drug-likeness (QED) is 0.298. The summed E-state index contributed by atoms with van der Waals surface area (Å²) >= 11 is 0. The molecule has 0 N–H and O–H groups in total. The van der Waals surface area contributed by atoms with Crippen molar-refractivity contribution in [3.05, 3.63) is 12.2 Å². The molecule has 1 saturated carbocycles. The second-order valence-corrected chi connectivity index (χ2v) is 6.06. The number of carbonyl (C=O) groups excluding carboxylic acids is 2. The van der Waals surface area contributed by atoms with Crippen LogP contribution in [-0.4, -0.2) is 18.4 Å². The summed E-state index contributed by atoms with van der Waals surface area (Å²) in [5, 5.41) is 8.84. The predicted octanol–water partition coefficient (Wildman–Crippen LogP) is 3.03. The highest BCUT2D eigenvalue weighted by Crippen LogP contribution is 2.48. The second kappa shape index (κ2) is 7.40. The summed E-state index contributed by atoms with van der Waals surface area (Å²) in [5.41, 5.74) is 0. The smallest absolute Gasteiger partial charge is 0.310 e. The maximum absolute atomic E-state index is 12.2. The minimum atomic E-state index is -0.488. The Morgan fingerprint density at radius 2 is 1.81 bits per heavy atom. The van der Waals surface area contributed by atoms with E-state index in [1.54, 1.807) is 6.07 Å². The highest BCUT2D eigenvalue weighted by Gasteiger charge is 2.52. The summed E-state index contributed by atoms with van der Waals surface area (Å²) in [7, 11) is 0. The second-order valence-electron chi connectivity index (χ2n) is 6.06. The Morgan fingerprint density at radius 3 is 2.48 bits per heavy atom. The van der Waals surface area contributed by atoms with E-state index in [4.69, 9.17) is 10.00 Å². The molecule has 0 radical (unpaired) electrons. The number of nitrogens with zero attached hydrogens (tertiary/aromatic N) is 1. The lowest BCUT2D eigenvalue weighted by atomic mass is 9.80. The molecule has 2 rings (SSSR count). The van der Waals surface area contributed by atoms with E-state index in [0.29, 0.717) is 6.61 Å². The molecule has 0 heterocycles. The van der Waals surface area contributed by atoms with Crippen LogP contribution in [-0.2, 0) is 14.3 Å². The van der Waals surface area contributed by atoms with E-state index in [0.717, 1.165) is 19.3 Å². The van der Waals surface area contributed by atoms with Gasteiger partial charge in [0.25, 0.3) is 0 Å². The van der Waals surface area contributed by atoms with Gasteiger partial charge in [-0.2, -0.15) is 5.26 Å². The van der Waals surface area contributed by atoms with Gasteiger partial charge in [0.05, 0.1) is 18.4 Å². The van der Waals surface area contributed by atoms with Crippen LogP contribution in [0.25, 0.3) is 0 Å². The highest BCUT2D eigenvalue weighted by atomic mass is 16.5. The fraction of sp³-hybridized carbons (Fsp3) is 0.706. The first-order valence-electron chi connectivity index (χ1n) is 7.98. The maximum Gasteiger partial charge on any atom is 0.310 e. The molecule has 0 aromatic heterocycles. The summed E-state index contributed by atoms with van der Waals surface area (Å²) < 4.78 is 5.35. The molecule has 4 unspecified atom stereocenters. The van der Waals surface area contributed by atoms with E-state index in [1.165, 1.54) is 19.3 Å². The average molecular weight is 289 g/mol. The molecule has 1 fully saturated rings. The zero-order chi connectivity index (χ0) is 15.2. The molecule has 2 bridgehead atoms. The number of ether oxygens (including phenoxy) is 1. The van der Waals surface area contributed by atoms with Crippen LogP contribution in [0.1, 0.15) is 45.4 Å². The molecule has 0 aromatic carbocycles. The normalized spacial score (nSPS) is 29.3. The summed E-state index contributed by atoms with van der Waals surface area (Å²) in [5.74, 6) is -1.58.